The second kappa shape index (κ2) is 38.4. The van der Waals surface area contributed by atoms with E-state index in [4.69, 9.17) is 14.2 Å². The number of carboxylic acids is 1. The molecule has 0 N–H and O–H groups in total. The minimum atomic E-state index is -1.14. The number of hydrogen-bond acceptors (Lipinski definition) is 7. The predicted octanol–water partition coefficient (Wildman–Crippen LogP) is 10.4. The number of ether oxygens (including phenoxy) is 3. The van der Waals surface area contributed by atoms with E-state index in [1.54, 1.807) is 21.1 Å². The van der Waals surface area contributed by atoms with Crippen molar-refractivity contribution in [1.82, 2.24) is 0 Å². The number of aliphatic carboxylic acids is 1. The van der Waals surface area contributed by atoms with E-state index in [1.807, 2.05) is 0 Å². The quantitative estimate of drug-likeness (QED) is 0.0268. The van der Waals surface area contributed by atoms with Crippen molar-refractivity contribution in [3.05, 3.63) is 85.1 Å². The molecule has 0 aromatic carbocycles. The number of quaternary nitrogens is 1. The van der Waals surface area contributed by atoms with Crippen LogP contribution in [-0.2, 0) is 28.6 Å². The Morgan fingerprint density at radius 3 is 1.41 bits per heavy atom. The van der Waals surface area contributed by atoms with Crippen molar-refractivity contribution in [3.8, 4) is 0 Å². The molecule has 2 atom stereocenters. The molecule has 2 unspecified atom stereocenters. The number of carbonyl (C=O) groups is 3. The predicted molar refractivity (Wildman–Crippen MR) is 231 cm³/mol. The van der Waals surface area contributed by atoms with E-state index in [0.29, 0.717) is 12.8 Å². The Hall–Kier alpha value is -3.49. The first-order chi connectivity index (χ1) is 27.1. The molecule has 0 spiro atoms. The Morgan fingerprint density at radius 2 is 0.946 bits per heavy atom. The zero-order valence-electron chi connectivity index (χ0n) is 36.0. The maximum Gasteiger partial charge on any atom is 0.306 e. The molecule has 318 valence electrons. The summed E-state index contributed by atoms with van der Waals surface area (Å²) in [5.41, 5.74) is 0. The summed E-state index contributed by atoms with van der Waals surface area (Å²) in [7, 11) is 5.38. The van der Waals surface area contributed by atoms with E-state index >= 15 is 0 Å². The summed E-state index contributed by atoms with van der Waals surface area (Å²) in [5, 5.41) is 11.6. The molecule has 0 saturated heterocycles. The van der Waals surface area contributed by atoms with E-state index in [1.165, 1.54) is 12.8 Å². The molecular weight excluding hydrogens is 703 g/mol. The Morgan fingerprint density at radius 1 is 0.536 bits per heavy atom. The summed E-state index contributed by atoms with van der Waals surface area (Å²) in [5.74, 6) is -1.81. The fourth-order valence-corrected chi connectivity index (χ4v) is 5.72. The summed E-state index contributed by atoms with van der Waals surface area (Å²) in [4.78, 5) is 36.8. The lowest BCUT2D eigenvalue weighted by molar-refractivity contribution is -0.889. The minimum Gasteiger partial charge on any atom is -0.544 e. The van der Waals surface area contributed by atoms with Gasteiger partial charge in [-0.05, 0) is 83.5 Å². The Labute approximate surface area is 342 Å². The summed E-state index contributed by atoms with van der Waals surface area (Å²) in [6.07, 6.45) is 48.9. The van der Waals surface area contributed by atoms with Gasteiger partial charge in [-0.25, -0.2) is 0 Å². The van der Waals surface area contributed by atoms with Crippen LogP contribution in [0.3, 0.4) is 0 Å². The van der Waals surface area contributed by atoms with Crippen molar-refractivity contribution in [3.63, 3.8) is 0 Å². The molecular formula is C48H79NO7. The van der Waals surface area contributed by atoms with Crippen molar-refractivity contribution in [2.24, 2.45) is 0 Å². The lowest BCUT2D eigenvalue weighted by Crippen LogP contribution is -2.55. The normalized spacial score (nSPS) is 13.8. The fourth-order valence-electron chi connectivity index (χ4n) is 5.72. The van der Waals surface area contributed by atoms with Gasteiger partial charge in [0.25, 0.3) is 0 Å². The smallest absolute Gasteiger partial charge is 0.306 e. The summed E-state index contributed by atoms with van der Waals surface area (Å²) in [6, 6.07) is -0.738. The minimum absolute atomic E-state index is 0.0181. The molecule has 0 aliphatic rings. The van der Waals surface area contributed by atoms with Crippen LogP contribution in [0.15, 0.2) is 85.1 Å². The first-order valence-corrected chi connectivity index (χ1v) is 21.6. The average molecular weight is 782 g/mol. The molecule has 8 heteroatoms. The van der Waals surface area contributed by atoms with Crippen LogP contribution < -0.4 is 5.11 Å². The van der Waals surface area contributed by atoms with Crippen LogP contribution in [0.5, 0.6) is 0 Å². The van der Waals surface area contributed by atoms with E-state index in [0.717, 1.165) is 96.3 Å². The molecule has 0 saturated carbocycles. The van der Waals surface area contributed by atoms with Crippen LogP contribution in [0, 0.1) is 0 Å². The van der Waals surface area contributed by atoms with E-state index < -0.39 is 18.1 Å². The lowest BCUT2D eigenvalue weighted by atomic mass is 10.1. The molecule has 0 bridgehead atoms. The van der Waals surface area contributed by atoms with Crippen molar-refractivity contribution >= 4 is 17.9 Å². The lowest BCUT2D eigenvalue weighted by Gasteiger charge is -2.34. The second-order valence-electron chi connectivity index (χ2n) is 15.2. The molecule has 0 rings (SSSR count). The monoisotopic (exact) mass is 782 g/mol. The van der Waals surface area contributed by atoms with Gasteiger partial charge in [-0.15, -0.1) is 0 Å². The SMILES string of the molecule is CC/C=C/C/C=C/C/C=C/C/C=C/CCCCCC(=O)OC(COCCC(C(=O)[O-])[N+](C)(C)C)COC(=O)CCCCCCCC/C=C/C/C=C/C/C=C/CC. The highest BCUT2D eigenvalue weighted by atomic mass is 16.6. The van der Waals surface area contributed by atoms with Gasteiger partial charge in [0.15, 0.2) is 6.10 Å². The van der Waals surface area contributed by atoms with Crippen molar-refractivity contribution in [2.45, 2.75) is 161 Å². The Kier molecular flexibility index (Phi) is 36.0. The summed E-state index contributed by atoms with van der Waals surface area (Å²) in [6.45, 7) is 4.37. The summed E-state index contributed by atoms with van der Waals surface area (Å²) >= 11 is 0. The Balaban J connectivity index is 4.45. The third kappa shape index (κ3) is 36.2. The van der Waals surface area contributed by atoms with Crippen LogP contribution in [-0.4, -0.2) is 75.5 Å². The maximum atomic E-state index is 12.7. The van der Waals surface area contributed by atoms with Crippen LogP contribution in [0.25, 0.3) is 0 Å². The van der Waals surface area contributed by atoms with Crippen molar-refractivity contribution in [1.29, 1.82) is 0 Å². The third-order valence-electron chi connectivity index (χ3n) is 9.03. The van der Waals surface area contributed by atoms with Crippen LogP contribution in [0.1, 0.15) is 149 Å². The van der Waals surface area contributed by atoms with Gasteiger partial charge in [-0.2, -0.15) is 0 Å². The van der Waals surface area contributed by atoms with Gasteiger partial charge in [0.05, 0.1) is 40.3 Å². The molecule has 0 aliphatic heterocycles. The molecule has 0 radical (unpaired) electrons. The number of carboxylic acid groups (broad SMARTS) is 1. The summed E-state index contributed by atoms with van der Waals surface area (Å²) < 4.78 is 17.1. The highest BCUT2D eigenvalue weighted by Crippen LogP contribution is 2.12. The Bertz CT molecular complexity index is 1190. The number of likely N-dealkylation sites (N-methyl/N-ethyl adjacent to an activating group) is 1. The number of rotatable bonds is 37. The third-order valence-corrected chi connectivity index (χ3v) is 9.03. The van der Waals surface area contributed by atoms with E-state index in [-0.39, 0.29) is 49.1 Å². The van der Waals surface area contributed by atoms with Crippen LogP contribution >= 0.6 is 0 Å². The molecule has 0 heterocycles. The number of esters is 2. The van der Waals surface area contributed by atoms with Crippen LogP contribution in [0.4, 0.5) is 0 Å². The number of hydrogen-bond donors (Lipinski definition) is 0. The molecule has 0 amide bonds. The number of nitrogens with zero attached hydrogens (tertiary/aromatic N) is 1. The van der Waals surface area contributed by atoms with E-state index in [9.17, 15) is 19.5 Å². The molecule has 56 heavy (non-hydrogen) atoms. The van der Waals surface area contributed by atoms with E-state index in [2.05, 4.69) is 98.9 Å². The van der Waals surface area contributed by atoms with Gasteiger partial charge >= 0.3 is 11.9 Å². The van der Waals surface area contributed by atoms with Gasteiger partial charge < -0.3 is 28.6 Å². The number of allylic oxidation sites excluding steroid dienone is 14. The fraction of sp³-hybridized carbons (Fsp3) is 0.646. The molecule has 0 aliphatic carbocycles. The zero-order valence-corrected chi connectivity index (χ0v) is 36.0. The largest absolute Gasteiger partial charge is 0.544 e. The first kappa shape index (κ1) is 52.5. The standard InChI is InChI=1S/C48H79NO7/c1-6-8-10-12-14-16-18-20-22-24-26-28-30-32-34-36-38-46(50)55-43-44(42-54-41-40-45(48(52)53)49(3,4)5)56-47(51)39-37-35-33-31-29-27-25-23-21-19-17-15-13-11-9-7-2/h8-11,14-17,20-23,27,29,44-45H,6-7,12-13,18-19,24-26,28,30-43H2,1-5H3/b10-8+,11-9+,16-14+,17-15+,22-20+,23-21+,29-27+. The maximum absolute atomic E-state index is 12.7. The van der Waals surface area contributed by atoms with Gasteiger partial charge in [-0.1, -0.05) is 131 Å². The highest BCUT2D eigenvalue weighted by Gasteiger charge is 2.25. The number of carbonyl (C=O) groups excluding carboxylic acids is 3. The molecule has 0 fully saturated rings. The van der Waals surface area contributed by atoms with Crippen molar-refractivity contribution < 1.29 is 38.2 Å². The zero-order chi connectivity index (χ0) is 41.4. The molecule has 0 aromatic heterocycles. The van der Waals surface area contributed by atoms with Gasteiger partial charge in [0.1, 0.15) is 12.6 Å². The number of unbranched alkanes of at least 4 members (excludes halogenated alkanes) is 9. The highest BCUT2D eigenvalue weighted by molar-refractivity contribution is 5.70. The van der Waals surface area contributed by atoms with Crippen LogP contribution in [0.2, 0.25) is 0 Å². The topological polar surface area (TPSA) is 102 Å². The average Bonchev–Trinajstić information content (AvgIpc) is 3.15. The molecule has 8 nitrogen and oxygen atoms in total. The second-order valence-corrected chi connectivity index (χ2v) is 15.2. The van der Waals surface area contributed by atoms with Crippen molar-refractivity contribution in [2.75, 3.05) is 41.0 Å². The van der Waals surface area contributed by atoms with Gasteiger partial charge in [0.2, 0.25) is 0 Å². The molecule has 0 aromatic rings. The van der Waals surface area contributed by atoms with Gasteiger partial charge in [0, 0.05) is 19.3 Å². The van der Waals surface area contributed by atoms with Gasteiger partial charge in [-0.3, -0.25) is 9.59 Å². The first-order valence-electron chi connectivity index (χ1n) is 21.6.